The van der Waals surface area contributed by atoms with Crippen LogP contribution >= 0.6 is 0 Å². The molecule has 2 heterocycles. The molecule has 0 fully saturated rings. The maximum absolute atomic E-state index is 12.1. The highest BCUT2D eigenvalue weighted by Crippen LogP contribution is 2.20. The van der Waals surface area contributed by atoms with Gasteiger partial charge in [0, 0.05) is 37.1 Å². The van der Waals surface area contributed by atoms with E-state index in [0.29, 0.717) is 17.6 Å². The first-order valence-corrected chi connectivity index (χ1v) is 10.3. The van der Waals surface area contributed by atoms with E-state index >= 15 is 0 Å². The van der Waals surface area contributed by atoms with Crippen molar-refractivity contribution in [3.8, 4) is 5.69 Å². The first kappa shape index (κ1) is 22.5. The molecule has 4 aromatic rings. The number of aromatic nitrogens is 3. The van der Waals surface area contributed by atoms with Crippen LogP contribution in [-0.2, 0) is 16.1 Å². The first-order valence-electron chi connectivity index (χ1n) is 10.3. The molecule has 0 bridgehead atoms. The molecule has 12 heteroatoms. The largest absolute Gasteiger partial charge is 0.419 e. The van der Waals surface area contributed by atoms with Crippen LogP contribution in [0.4, 0.5) is 11.4 Å². The van der Waals surface area contributed by atoms with E-state index in [9.17, 15) is 24.5 Å². The molecule has 0 aliphatic carbocycles. The number of non-ortho nitro benzene ring substituents is 1. The number of anilines is 1. The number of nitrogens with zero attached hydrogens (tertiary/aromatic N) is 4. The second kappa shape index (κ2) is 9.81. The van der Waals surface area contributed by atoms with Crippen molar-refractivity contribution in [3.63, 3.8) is 0 Å². The summed E-state index contributed by atoms with van der Waals surface area (Å²) in [6.07, 6.45) is 3.87. The maximum atomic E-state index is 12.1. The summed E-state index contributed by atoms with van der Waals surface area (Å²) in [4.78, 5) is 46.5. The lowest BCUT2D eigenvalue weighted by Gasteiger charge is -2.08. The number of fused-ring (bicyclic) bond motifs is 1. The summed E-state index contributed by atoms with van der Waals surface area (Å²) in [6, 6.07) is 12.8. The van der Waals surface area contributed by atoms with Gasteiger partial charge in [0.1, 0.15) is 0 Å². The average molecular weight is 464 g/mol. The lowest BCUT2D eigenvalue weighted by atomic mass is 10.2. The number of nitro groups is 1. The van der Waals surface area contributed by atoms with Crippen LogP contribution in [0.15, 0.2) is 70.1 Å². The van der Waals surface area contributed by atoms with Crippen LogP contribution in [-0.4, -0.2) is 37.6 Å². The highest BCUT2D eigenvalue weighted by Gasteiger charge is 2.14. The highest BCUT2D eigenvalue weighted by atomic mass is 16.6. The van der Waals surface area contributed by atoms with Crippen molar-refractivity contribution < 1.29 is 18.9 Å². The lowest BCUT2D eigenvalue weighted by molar-refractivity contribution is -0.384. The second-order valence-corrected chi connectivity index (χ2v) is 7.35. The summed E-state index contributed by atoms with van der Waals surface area (Å²) in [5.74, 6) is -1.38. The number of carbonyl (C=O) groups excluding carboxylic acids is 2. The molecule has 0 saturated carbocycles. The third kappa shape index (κ3) is 5.18. The summed E-state index contributed by atoms with van der Waals surface area (Å²) < 4.78 is 8.06. The third-order valence-electron chi connectivity index (χ3n) is 5.01. The van der Waals surface area contributed by atoms with Crippen molar-refractivity contribution in [3.05, 3.63) is 81.6 Å². The molecular weight excluding hydrogens is 444 g/mol. The Morgan fingerprint density at radius 2 is 1.91 bits per heavy atom. The predicted octanol–water partition coefficient (Wildman–Crippen LogP) is 2.22. The van der Waals surface area contributed by atoms with Gasteiger partial charge in [-0.25, -0.2) is 9.48 Å². The zero-order valence-electron chi connectivity index (χ0n) is 17.8. The lowest BCUT2D eigenvalue weighted by Crippen LogP contribution is -2.32. The Labute approximate surface area is 191 Å². The zero-order chi connectivity index (χ0) is 24.1. The Hall–Kier alpha value is -4.74. The Morgan fingerprint density at radius 1 is 1.12 bits per heavy atom. The van der Waals surface area contributed by atoms with Gasteiger partial charge in [-0.05, 0) is 42.8 Å². The second-order valence-electron chi connectivity index (χ2n) is 7.35. The van der Waals surface area contributed by atoms with Gasteiger partial charge >= 0.3 is 5.76 Å². The number of nitrogens with one attached hydrogen (secondary N) is 2. The fourth-order valence-corrected chi connectivity index (χ4v) is 3.37. The van der Waals surface area contributed by atoms with Gasteiger partial charge in [-0.15, -0.1) is 0 Å². The van der Waals surface area contributed by atoms with Gasteiger partial charge in [0.05, 0.1) is 28.7 Å². The minimum Gasteiger partial charge on any atom is -0.407 e. The molecule has 2 aromatic carbocycles. The van der Waals surface area contributed by atoms with Crippen LogP contribution in [0.5, 0.6) is 0 Å². The van der Waals surface area contributed by atoms with Crippen LogP contribution in [0.3, 0.4) is 0 Å². The van der Waals surface area contributed by atoms with Crippen molar-refractivity contribution in [2.75, 3.05) is 11.9 Å². The number of benzene rings is 2. The Kier molecular flexibility index (Phi) is 6.48. The standard InChI is InChI=1S/C22H20N6O6/c29-20(3-1-11-26-18-9-8-17(28(32)33)13-19(18)34-22(26)31)23-14-21(30)25-15-4-6-16(7-5-15)27-12-2-10-24-27/h2,4-10,12-13H,1,3,11,14H2,(H,23,29)(H,25,30). The van der Waals surface area contributed by atoms with Gasteiger partial charge in [0.2, 0.25) is 11.8 Å². The van der Waals surface area contributed by atoms with Gasteiger partial charge in [0.25, 0.3) is 5.69 Å². The number of carbonyl (C=O) groups is 2. The predicted molar refractivity (Wildman–Crippen MR) is 122 cm³/mol. The van der Waals surface area contributed by atoms with Crippen molar-refractivity contribution in [1.82, 2.24) is 19.7 Å². The normalized spacial score (nSPS) is 10.8. The molecule has 0 unspecified atom stereocenters. The Morgan fingerprint density at radius 3 is 2.62 bits per heavy atom. The van der Waals surface area contributed by atoms with Crippen molar-refractivity contribution >= 4 is 34.3 Å². The number of amides is 2. The molecule has 2 amide bonds. The quantitative estimate of drug-likeness (QED) is 0.284. The SMILES string of the molecule is O=C(CCCn1c(=O)oc2cc([N+](=O)[O-])ccc21)NCC(=O)Nc1ccc(-n2cccn2)cc1. The number of aryl methyl sites for hydroxylation is 1. The molecule has 2 N–H and O–H groups in total. The molecule has 0 saturated heterocycles. The first-order chi connectivity index (χ1) is 16.4. The summed E-state index contributed by atoms with van der Waals surface area (Å²) in [5, 5.41) is 20.2. The van der Waals surface area contributed by atoms with Crippen molar-refractivity contribution in [2.24, 2.45) is 0 Å². The molecule has 0 atom stereocenters. The topological polar surface area (TPSA) is 154 Å². The van der Waals surface area contributed by atoms with E-state index in [4.69, 9.17) is 4.42 Å². The van der Waals surface area contributed by atoms with Crippen LogP contribution in [0.1, 0.15) is 12.8 Å². The van der Waals surface area contributed by atoms with E-state index in [-0.39, 0.29) is 42.6 Å². The van der Waals surface area contributed by atoms with Crippen molar-refractivity contribution in [2.45, 2.75) is 19.4 Å². The molecule has 12 nitrogen and oxygen atoms in total. The molecule has 174 valence electrons. The molecule has 0 radical (unpaired) electrons. The molecule has 0 aliphatic rings. The number of rotatable bonds is 9. The van der Waals surface area contributed by atoms with E-state index in [2.05, 4.69) is 15.7 Å². The fraction of sp³-hybridized carbons (Fsp3) is 0.182. The van der Waals surface area contributed by atoms with Crippen LogP contribution < -0.4 is 16.4 Å². The average Bonchev–Trinajstić information content (AvgIpc) is 3.46. The Balaban J connectivity index is 1.23. The number of hydrogen-bond acceptors (Lipinski definition) is 7. The van der Waals surface area contributed by atoms with E-state index in [1.807, 2.05) is 6.07 Å². The number of nitro benzene ring substituents is 1. The maximum Gasteiger partial charge on any atom is 0.419 e. The van der Waals surface area contributed by atoms with Gasteiger partial charge in [-0.1, -0.05) is 0 Å². The molecule has 4 rings (SSSR count). The zero-order valence-corrected chi connectivity index (χ0v) is 17.8. The fourth-order valence-electron chi connectivity index (χ4n) is 3.37. The van der Waals surface area contributed by atoms with Gasteiger partial charge in [-0.3, -0.25) is 24.3 Å². The monoisotopic (exact) mass is 464 g/mol. The minimum absolute atomic E-state index is 0.0813. The smallest absolute Gasteiger partial charge is 0.407 e. The summed E-state index contributed by atoms with van der Waals surface area (Å²) in [7, 11) is 0. The summed E-state index contributed by atoms with van der Waals surface area (Å²) >= 11 is 0. The molecule has 34 heavy (non-hydrogen) atoms. The van der Waals surface area contributed by atoms with E-state index in [1.165, 1.54) is 22.8 Å². The summed E-state index contributed by atoms with van der Waals surface area (Å²) in [5.41, 5.74) is 1.77. The molecule has 2 aromatic heterocycles. The molecule has 0 spiro atoms. The van der Waals surface area contributed by atoms with E-state index in [1.54, 1.807) is 41.3 Å². The minimum atomic E-state index is -0.658. The number of oxazole rings is 1. The summed E-state index contributed by atoms with van der Waals surface area (Å²) in [6.45, 7) is -0.0101. The van der Waals surface area contributed by atoms with Crippen LogP contribution in [0, 0.1) is 10.1 Å². The molecular formula is C22H20N6O6. The van der Waals surface area contributed by atoms with E-state index in [0.717, 1.165) is 5.69 Å². The highest BCUT2D eigenvalue weighted by molar-refractivity contribution is 5.94. The third-order valence-corrected chi connectivity index (χ3v) is 5.01. The van der Waals surface area contributed by atoms with Crippen molar-refractivity contribution in [1.29, 1.82) is 0 Å². The van der Waals surface area contributed by atoms with Crippen LogP contribution in [0.2, 0.25) is 0 Å². The van der Waals surface area contributed by atoms with Gasteiger partial charge in [0.15, 0.2) is 5.58 Å². The van der Waals surface area contributed by atoms with Gasteiger partial charge < -0.3 is 15.1 Å². The number of hydrogen-bond donors (Lipinski definition) is 2. The van der Waals surface area contributed by atoms with Gasteiger partial charge in [-0.2, -0.15) is 5.10 Å². The van der Waals surface area contributed by atoms with E-state index < -0.39 is 10.7 Å². The molecule has 0 aliphatic heterocycles. The van der Waals surface area contributed by atoms with Crippen LogP contribution in [0.25, 0.3) is 16.8 Å². The Bertz CT molecular complexity index is 1390.